The van der Waals surface area contributed by atoms with Gasteiger partial charge in [0.1, 0.15) is 30.2 Å². The summed E-state index contributed by atoms with van der Waals surface area (Å²) in [6.07, 6.45) is 1.22. The van der Waals surface area contributed by atoms with Crippen LogP contribution in [-0.4, -0.2) is 59.7 Å². The zero-order valence-electron chi connectivity index (χ0n) is 24.9. The molecule has 10 heteroatoms. The third-order valence-corrected chi connectivity index (χ3v) is 6.69. The van der Waals surface area contributed by atoms with E-state index in [2.05, 4.69) is 26.6 Å². The van der Waals surface area contributed by atoms with Crippen molar-refractivity contribution >= 4 is 29.5 Å². The average molecular weight is 558 g/mol. The van der Waals surface area contributed by atoms with Gasteiger partial charge in [0.15, 0.2) is 0 Å². The fraction of sp³-hybridized carbons (Fsp3) is 0.633. The SMILES string of the molecule is CC(C)C[C@@H]1NC(=O)[C@H](C)NC(=O)[C@H](CC(C)C)NC(=O)[C@H](CC(C)C)NC(=O)[C@H](Cc2ccccc2)NC1=O. The summed E-state index contributed by atoms with van der Waals surface area (Å²) in [6, 6.07) is 4.60. The molecular formula is C30H47N5O5. The standard InChI is InChI=1S/C30H47N5O5/c1-17(2)13-22-27(37)31-20(7)26(36)32-23(14-18(3)4)28(38)35-25(16-21-11-9-8-10-12-21)30(40)34-24(15-19(5)6)29(39)33-22/h8-12,17-20,22-25H,13-16H2,1-7H3,(H,31,37)(H,32,36)(H,33,39)(H,34,40)(H,35,38)/t20-,22-,23-,24-,25-/m0/s1. The van der Waals surface area contributed by atoms with Gasteiger partial charge in [-0.1, -0.05) is 71.9 Å². The van der Waals surface area contributed by atoms with Crippen LogP contribution in [0.3, 0.4) is 0 Å². The van der Waals surface area contributed by atoms with Crippen LogP contribution in [0.15, 0.2) is 30.3 Å². The van der Waals surface area contributed by atoms with E-state index in [1.807, 2.05) is 71.9 Å². The number of carbonyl (C=O) groups is 5. The van der Waals surface area contributed by atoms with Crippen molar-refractivity contribution in [3.8, 4) is 0 Å². The lowest BCUT2D eigenvalue weighted by Gasteiger charge is -2.27. The van der Waals surface area contributed by atoms with E-state index in [0.717, 1.165) is 5.56 Å². The zero-order valence-corrected chi connectivity index (χ0v) is 24.9. The van der Waals surface area contributed by atoms with E-state index < -0.39 is 59.7 Å². The summed E-state index contributed by atoms with van der Waals surface area (Å²) >= 11 is 0. The van der Waals surface area contributed by atoms with Gasteiger partial charge in [-0.15, -0.1) is 0 Å². The van der Waals surface area contributed by atoms with E-state index in [0.29, 0.717) is 19.3 Å². The van der Waals surface area contributed by atoms with E-state index in [4.69, 9.17) is 0 Å². The Morgan fingerprint density at radius 3 is 1.30 bits per heavy atom. The van der Waals surface area contributed by atoms with E-state index in [1.165, 1.54) is 6.92 Å². The molecule has 1 fully saturated rings. The summed E-state index contributed by atoms with van der Waals surface area (Å²) in [5.74, 6) is -2.33. The minimum Gasteiger partial charge on any atom is -0.343 e. The first-order valence-electron chi connectivity index (χ1n) is 14.3. The van der Waals surface area contributed by atoms with Gasteiger partial charge in [0.05, 0.1) is 0 Å². The first-order chi connectivity index (χ1) is 18.8. The number of hydrogen-bond acceptors (Lipinski definition) is 5. The molecule has 0 saturated carbocycles. The van der Waals surface area contributed by atoms with E-state index >= 15 is 0 Å². The Balaban J connectivity index is 2.52. The average Bonchev–Trinajstić information content (AvgIpc) is 2.86. The molecule has 1 aliphatic heterocycles. The number of nitrogens with one attached hydrogen (secondary N) is 5. The number of hydrogen-bond donors (Lipinski definition) is 5. The Hall–Kier alpha value is -3.43. The molecule has 0 aromatic heterocycles. The minimum absolute atomic E-state index is 0.0648. The molecule has 1 aromatic rings. The highest BCUT2D eigenvalue weighted by Crippen LogP contribution is 2.12. The molecule has 222 valence electrons. The topological polar surface area (TPSA) is 146 Å². The second-order valence-corrected chi connectivity index (χ2v) is 12.1. The van der Waals surface area contributed by atoms with Crippen molar-refractivity contribution in [1.82, 2.24) is 26.6 Å². The Morgan fingerprint density at radius 2 is 0.875 bits per heavy atom. The van der Waals surface area contributed by atoms with Crippen molar-refractivity contribution < 1.29 is 24.0 Å². The summed E-state index contributed by atoms with van der Waals surface area (Å²) in [6.45, 7) is 13.1. The predicted molar refractivity (Wildman–Crippen MR) is 154 cm³/mol. The van der Waals surface area contributed by atoms with Gasteiger partial charge in [0.2, 0.25) is 29.5 Å². The van der Waals surface area contributed by atoms with Crippen LogP contribution in [0, 0.1) is 17.8 Å². The Morgan fingerprint density at radius 1 is 0.525 bits per heavy atom. The fourth-order valence-electron chi connectivity index (χ4n) is 4.66. The van der Waals surface area contributed by atoms with Gasteiger partial charge < -0.3 is 26.6 Å². The largest absolute Gasteiger partial charge is 0.343 e. The number of rotatable bonds is 8. The van der Waals surface area contributed by atoms with Crippen molar-refractivity contribution in [1.29, 1.82) is 0 Å². The smallest absolute Gasteiger partial charge is 0.243 e. The molecule has 10 nitrogen and oxygen atoms in total. The molecule has 5 atom stereocenters. The third kappa shape index (κ3) is 10.6. The van der Waals surface area contributed by atoms with Crippen LogP contribution >= 0.6 is 0 Å². The van der Waals surface area contributed by atoms with E-state index in [-0.39, 0.29) is 24.2 Å². The molecule has 1 saturated heterocycles. The molecule has 0 radical (unpaired) electrons. The summed E-state index contributed by atoms with van der Waals surface area (Å²) in [4.78, 5) is 66.8. The molecule has 0 spiro atoms. The van der Waals surface area contributed by atoms with Gasteiger partial charge in [-0.05, 0) is 49.5 Å². The molecule has 0 bridgehead atoms. The van der Waals surface area contributed by atoms with Crippen LogP contribution in [0.5, 0.6) is 0 Å². The van der Waals surface area contributed by atoms with Gasteiger partial charge in [0, 0.05) is 6.42 Å². The van der Waals surface area contributed by atoms with Crippen molar-refractivity contribution in [3.63, 3.8) is 0 Å². The van der Waals surface area contributed by atoms with Gasteiger partial charge in [-0.3, -0.25) is 24.0 Å². The second kappa shape index (κ2) is 15.4. The normalized spacial score (nSPS) is 25.4. The zero-order chi connectivity index (χ0) is 30.0. The van der Waals surface area contributed by atoms with Gasteiger partial charge in [-0.25, -0.2) is 0 Å². The van der Waals surface area contributed by atoms with Crippen LogP contribution in [0.25, 0.3) is 0 Å². The maximum atomic E-state index is 13.6. The molecule has 1 aliphatic rings. The highest BCUT2D eigenvalue weighted by Gasteiger charge is 2.34. The first-order valence-corrected chi connectivity index (χ1v) is 14.3. The number of amides is 5. The summed E-state index contributed by atoms with van der Waals surface area (Å²) in [5, 5.41) is 13.9. The van der Waals surface area contributed by atoms with Gasteiger partial charge >= 0.3 is 0 Å². The third-order valence-electron chi connectivity index (χ3n) is 6.69. The maximum Gasteiger partial charge on any atom is 0.243 e. The van der Waals surface area contributed by atoms with Crippen molar-refractivity contribution in [2.45, 2.75) is 104 Å². The lowest BCUT2D eigenvalue weighted by Crippen LogP contribution is -2.58. The van der Waals surface area contributed by atoms with Crippen LogP contribution in [0.1, 0.15) is 73.3 Å². The van der Waals surface area contributed by atoms with E-state index in [9.17, 15) is 24.0 Å². The van der Waals surface area contributed by atoms with E-state index in [1.54, 1.807) is 0 Å². The molecule has 40 heavy (non-hydrogen) atoms. The molecule has 5 amide bonds. The molecule has 0 aliphatic carbocycles. The van der Waals surface area contributed by atoms with Crippen LogP contribution in [0.2, 0.25) is 0 Å². The van der Waals surface area contributed by atoms with Crippen molar-refractivity contribution in [2.24, 2.45) is 17.8 Å². The highest BCUT2D eigenvalue weighted by atomic mass is 16.2. The van der Waals surface area contributed by atoms with Crippen LogP contribution in [0.4, 0.5) is 0 Å². The summed E-state index contributed by atoms with van der Waals surface area (Å²) in [5.41, 5.74) is 0.829. The van der Waals surface area contributed by atoms with Gasteiger partial charge in [0.25, 0.3) is 0 Å². The van der Waals surface area contributed by atoms with Crippen molar-refractivity contribution in [2.75, 3.05) is 0 Å². The first kappa shape index (κ1) is 32.8. The molecule has 5 N–H and O–H groups in total. The van der Waals surface area contributed by atoms with Crippen LogP contribution in [-0.2, 0) is 30.4 Å². The summed E-state index contributed by atoms with van der Waals surface area (Å²) < 4.78 is 0. The second-order valence-electron chi connectivity index (χ2n) is 12.1. The molecule has 2 rings (SSSR count). The quantitative estimate of drug-likeness (QED) is 0.331. The lowest BCUT2D eigenvalue weighted by atomic mass is 9.99. The fourth-order valence-corrected chi connectivity index (χ4v) is 4.66. The number of carbonyl (C=O) groups excluding carboxylic acids is 5. The maximum absolute atomic E-state index is 13.6. The predicted octanol–water partition coefficient (Wildman–Crippen LogP) is 1.82. The minimum atomic E-state index is -0.988. The highest BCUT2D eigenvalue weighted by molar-refractivity contribution is 5.97. The molecule has 0 unspecified atom stereocenters. The van der Waals surface area contributed by atoms with Crippen LogP contribution < -0.4 is 26.6 Å². The monoisotopic (exact) mass is 557 g/mol. The van der Waals surface area contributed by atoms with Crippen molar-refractivity contribution in [3.05, 3.63) is 35.9 Å². The molecular weight excluding hydrogens is 510 g/mol. The lowest BCUT2D eigenvalue weighted by molar-refractivity contribution is -0.134. The molecule has 1 heterocycles. The summed E-state index contributed by atoms with van der Waals surface area (Å²) in [7, 11) is 0. The Labute approximate surface area is 238 Å². The Kier molecular flexibility index (Phi) is 12.6. The number of benzene rings is 1. The molecule has 1 aromatic carbocycles. The Bertz CT molecular complexity index is 1030. The van der Waals surface area contributed by atoms with Gasteiger partial charge in [-0.2, -0.15) is 0 Å².